The lowest BCUT2D eigenvalue weighted by molar-refractivity contribution is -0.384. The Labute approximate surface area is 119 Å². The van der Waals surface area contributed by atoms with Crippen LogP contribution in [0, 0.1) is 15.5 Å². The van der Waals surface area contributed by atoms with Gasteiger partial charge in [-0.1, -0.05) is 26.7 Å². The van der Waals surface area contributed by atoms with E-state index in [-0.39, 0.29) is 22.1 Å². The Bertz CT molecular complexity index is 500. The highest BCUT2D eigenvalue weighted by Gasteiger charge is 2.33. The number of hydrogen-bond donors (Lipinski definition) is 1. The molecule has 2 rings (SSSR count). The Kier molecular flexibility index (Phi) is 4.16. The third-order valence-electron chi connectivity index (χ3n) is 4.24. The first-order chi connectivity index (χ1) is 9.44. The molecule has 1 saturated carbocycles. The third-order valence-corrected chi connectivity index (χ3v) is 4.24. The molecule has 1 aromatic carbocycles. The molecule has 5 heteroatoms. The van der Waals surface area contributed by atoms with Crippen molar-refractivity contribution in [2.75, 3.05) is 12.4 Å². The summed E-state index contributed by atoms with van der Waals surface area (Å²) < 4.78 is 5.17. The molecule has 1 aliphatic carbocycles. The van der Waals surface area contributed by atoms with Gasteiger partial charge in [0.2, 0.25) is 0 Å². The summed E-state index contributed by atoms with van der Waals surface area (Å²) in [5.74, 6) is 0.631. The number of nitro benzene ring substituents is 1. The Morgan fingerprint density at radius 1 is 1.40 bits per heavy atom. The zero-order valence-electron chi connectivity index (χ0n) is 12.3. The molecule has 0 saturated heterocycles. The normalized spacial score (nSPS) is 21.2. The van der Waals surface area contributed by atoms with E-state index in [1.165, 1.54) is 18.9 Å². The second-order valence-electron chi connectivity index (χ2n) is 6.07. The maximum absolute atomic E-state index is 11.1. The second kappa shape index (κ2) is 5.69. The van der Waals surface area contributed by atoms with Crippen LogP contribution in [-0.2, 0) is 0 Å². The molecule has 0 aliphatic heterocycles. The van der Waals surface area contributed by atoms with Crippen LogP contribution in [0.15, 0.2) is 18.2 Å². The van der Waals surface area contributed by atoms with Crippen molar-refractivity contribution in [3.8, 4) is 5.75 Å². The number of rotatable bonds is 4. The smallest absolute Gasteiger partial charge is 0.292 e. The number of nitrogens with zero attached hydrogens (tertiary/aromatic N) is 1. The fraction of sp³-hybridized carbons (Fsp3) is 0.600. The van der Waals surface area contributed by atoms with Gasteiger partial charge in [-0.25, -0.2) is 0 Å². The van der Waals surface area contributed by atoms with Gasteiger partial charge in [0.1, 0.15) is 11.4 Å². The van der Waals surface area contributed by atoms with E-state index in [9.17, 15) is 10.1 Å². The van der Waals surface area contributed by atoms with Gasteiger partial charge in [0.25, 0.3) is 5.69 Å². The summed E-state index contributed by atoms with van der Waals surface area (Å²) in [6.45, 7) is 4.44. The fourth-order valence-corrected chi connectivity index (χ4v) is 2.87. The van der Waals surface area contributed by atoms with E-state index in [2.05, 4.69) is 19.2 Å². The predicted molar refractivity (Wildman–Crippen MR) is 79.3 cm³/mol. The van der Waals surface area contributed by atoms with Crippen LogP contribution in [0.5, 0.6) is 5.75 Å². The maximum Gasteiger partial charge on any atom is 0.292 e. The zero-order chi connectivity index (χ0) is 14.8. The molecule has 1 aliphatic rings. The summed E-state index contributed by atoms with van der Waals surface area (Å²) in [5, 5.41) is 14.5. The van der Waals surface area contributed by atoms with Crippen LogP contribution in [0.25, 0.3) is 0 Å². The van der Waals surface area contributed by atoms with Gasteiger partial charge in [-0.2, -0.15) is 0 Å². The summed E-state index contributed by atoms with van der Waals surface area (Å²) in [5.41, 5.74) is 0.802. The molecule has 0 amide bonds. The third kappa shape index (κ3) is 3.03. The van der Waals surface area contributed by atoms with Crippen molar-refractivity contribution in [1.29, 1.82) is 0 Å². The standard InChI is InChI=1S/C15H22N2O3/c1-15(2)9-5-4-6-14(15)16-12-10-11(20-3)7-8-13(12)17(18)19/h7-8,10,14,16H,4-6,9H2,1-3H3. The molecular weight excluding hydrogens is 256 g/mol. The first-order valence-corrected chi connectivity index (χ1v) is 7.03. The summed E-state index contributed by atoms with van der Waals surface area (Å²) in [4.78, 5) is 10.8. The van der Waals surface area contributed by atoms with Gasteiger partial charge < -0.3 is 10.1 Å². The lowest BCUT2D eigenvalue weighted by Crippen LogP contribution is -2.39. The van der Waals surface area contributed by atoms with E-state index in [4.69, 9.17) is 4.74 Å². The van der Waals surface area contributed by atoms with Crippen LogP contribution in [0.4, 0.5) is 11.4 Å². The van der Waals surface area contributed by atoms with Crippen molar-refractivity contribution in [1.82, 2.24) is 0 Å². The summed E-state index contributed by atoms with van der Waals surface area (Å²) in [6.07, 6.45) is 4.58. The molecule has 0 spiro atoms. The Balaban J connectivity index is 2.29. The van der Waals surface area contributed by atoms with Gasteiger partial charge in [-0.05, 0) is 24.3 Å². The van der Waals surface area contributed by atoms with Gasteiger partial charge in [0.15, 0.2) is 0 Å². The SMILES string of the molecule is COc1ccc([N+](=O)[O-])c(NC2CCCCC2(C)C)c1. The molecule has 0 aromatic heterocycles. The highest BCUT2D eigenvalue weighted by molar-refractivity contribution is 5.64. The lowest BCUT2D eigenvalue weighted by atomic mass is 9.73. The van der Waals surface area contributed by atoms with Crippen LogP contribution in [0.3, 0.4) is 0 Å². The summed E-state index contributed by atoms with van der Waals surface area (Å²) in [6, 6.07) is 5.08. The van der Waals surface area contributed by atoms with Crippen molar-refractivity contribution < 1.29 is 9.66 Å². The Morgan fingerprint density at radius 2 is 2.15 bits per heavy atom. The first kappa shape index (κ1) is 14.6. The lowest BCUT2D eigenvalue weighted by Gasteiger charge is -2.39. The van der Waals surface area contributed by atoms with E-state index in [1.807, 2.05) is 0 Å². The second-order valence-corrected chi connectivity index (χ2v) is 6.07. The van der Waals surface area contributed by atoms with E-state index in [0.29, 0.717) is 11.4 Å². The Hall–Kier alpha value is -1.78. The summed E-state index contributed by atoms with van der Waals surface area (Å²) in [7, 11) is 1.56. The average Bonchev–Trinajstić information content (AvgIpc) is 2.40. The van der Waals surface area contributed by atoms with Crippen molar-refractivity contribution in [2.45, 2.75) is 45.6 Å². The van der Waals surface area contributed by atoms with Crippen LogP contribution in [0.1, 0.15) is 39.5 Å². The quantitative estimate of drug-likeness (QED) is 0.668. The maximum atomic E-state index is 11.1. The Morgan fingerprint density at radius 3 is 2.75 bits per heavy atom. The molecule has 1 unspecified atom stereocenters. The van der Waals surface area contributed by atoms with E-state index >= 15 is 0 Å². The number of nitro groups is 1. The number of benzene rings is 1. The molecule has 0 heterocycles. The number of nitrogens with one attached hydrogen (secondary N) is 1. The van der Waals surface area contributed by atoms with Gasteiger partial charge in [0.05, 0.1) is 12.0 Å². The van der Waals surface area contributed by atoms with Gasteiger partial charge in [-0.15, -0.1) is 0 Å². The molecule has 1 fully saturated rings. The molecule has 110 valence electrons. The van der Waals surface area contributed by atoms with Crippen LogP contribution >= 0.6 is 0 Å². The van der Waals surface area contributed by atoms with Gasteiger partial charge in [-0.3, -0.25) is 10.1 Å². The minimum atomic E-state index is -0.350. The van der Waals surface area contributed by atoms with E-state index < -0.39 is 0 Å². The average molecular weight is 278 g/mol. The number of ether oxygens (including phenoxy) is 1. The zero-order valence-corrected chi connectivity index (χ0v) is 12.3. The minimum absolute atomic E-state index is 0.104. The predicted octanol–water partition coefficient (Wildman–Crippen LogP) is 3.98. The van der Waals surface area contributed by atoms with Crippen LogP contribution in [-0.4, -0.2) is 18.1 Å². The molecule has 0 bridgehead atoms. The van der Waals surface area contributed by atoms with Crippen molar-refractivity contribution in [3.63, 3.8) is 0 Å². The van der Waals surface area contributed by atoms with Crippen molar-refractivity contribution >= 4 is 11.4 Å². The van der Waals surface area contributed by atoms with Crippen molar-refractivity contribution in [3.05, 3.63) is 28.3 Å². The topological polar surface area (TPSA) is 64.4 Å². The molecule has 1 N–H and O–H groups in total. The highest BCUT2D eigenvalue weighted by atomic mass is 16.6. The fourth-order valence-electron chi connectivity index (χ4n) is 2.87. The molecule has 5 nitrogen and oxygen atoms in total. The first-order valence-electron chi connectivity index (χ1n) is 7.03. The molecule has 1 atom stereocenters. The molecule has 0 radical (unpaired) electrons. The van der Waals surface area contributed by atoms with E-state index in [0.717, 1.165) is 12.8 Å². The van der Waals surface area contributed by atoms with Crippen LogP contribution < -0.4 is 10.1 Å². The number of hydrogen-bond acceptors (Lipinski definition) is 4. The van der Waals surface area contributed by atoms with Crippen LogP contribution in [0.2, 0.25) is 0 Å². The molecular formula is C15H22N2O3. The number of methoxy groups -OCH3 is 1. The van der Waals surface area contributed by atoms with E-state index in [1.54, 1.807) is 19.2 Å². The van der Waals surface area contributed by atoms with Gasteiger partial charge >= 0.3 is 0 Å². The summed E-state index contributed by atoms with van der Waals surface area (Å²) >= 11 is 0. The largest absolute Gasteiger partial charge is 0.497 e. The molecule has 1 aromatic rings. The molecule has 20 heavy (non-hydrogen) atoms. The number of anilines is 1. The van der Waals surface area contributed by atoms with Crippen molar-refractivity contribution in [2.24, 2.45) is 5.41 Å². The highest BCUT2D eigenvalue weighted by Crippen LogP contribution is 2.39. The monoisotopic (exact) mass is 278 g/mol. The minimum Gasteiger partial charge on any atom is -0.497 e. The van der Waals surface area contributed by atoms with Gasteiger partial charge in [0, 0.05) is 18.2 Å².